The molecule has 0 spiro atoms. The average molecular weight is 484 g/mol. The number of aromatic nitrogens is 3. The van der Waals surface area contributed by atoms with Crippen molar-refractivity contribution in [1.29, 1.82) is 5.41 Å². The first-order chi connectivity index (χ1) is 16.2. The van der Waals surface area contributed by atoms with Crippen molar-refractivity contribution in [1.82, 2.24) is 19.9 Å². The van der Waals surface area contributed by atoms with Crippen molar-refractivity contribution in [3.63, 3.8) is 0 Å². The summed E-state index contributed by atoms with van der Waals surface area (Å²) in [5.74, 6) is -0.735. The van der Waals surface area contributed by atoms with Crippen LogP contribution in [-0.2, 0) is 6.42 Å². The quantitative estimate of drug-likeness (QED) is 0.550. The van der Waals surface area contributed by atoms with E-state index in [0.717, 1.165) is 5.56 Å². The Morgan fingerprint density at radius 2 is 2.00 bits per heavy atom. The second-order valence-electron chi connectivity index (χ2n) is 8.12. The minimum atomic E-state index is -0.530. The summed E-state index contributed by atoms with van der Waals surface area (Å²) in [6.07, 6.45) is 3.33. The van der Waals surface area contributed by atoms with E-state index in [9.17, 15) is 14.3 Å². The summed E-state index contributed by atoms with van der Waals surface area (Å²) in [5.41, 5.74) is 2.51. The molecule has 2 N–H and O–H groups in total. The first-order valence-corrected chi connectivity index (χ1v) is 11.0. The van der Waals surface area contributed by atoms with Crippen molar-refractivity contribution in [2.24, 2.45) is 0 Å². The van der Waals surface area contributed by atoms with E-state index >= 15 is 0 Å². The fourth-order valence-electron chi connectivity index (χ4n) is 3.84. The molecule has 3 aromatic rings. The Kier molecular flexibility index (Phi) is 6.74. The second kappa shape index (κ2) is 9.72. The number of pyridine rings is 1. The van der Waals surface area contributed by atoms with Crippen LogP contribution < -0.4 is 4.74 Å². The predicted octanol–water partition coefficient (Wildman–Crippen LogP) is 3.87. The molecule has 1 saturated heterocycles. The van der Waals surface area contributed by atoms with Crippen LogP contribution in [0.5, 0.6) is 11.5 Å². The molecular weight excluding hydrogens is 461 g/mol. The van der Waals surface area contributed by atoms with Gasteiger partial charge >= 0.3 is 0 Å². The van der Waals surface area contributed by atoms with Gasteiger partial charge in [-0.25, -0.2) is 14.4 Å². The van der Waals surface area contributed by atoms with Crippen molar-refractivity contribution < 1.29 is 19.0 Å². The van der Waals surface area contributed by atoms with Crippen molar-refractivity contribution in [2.45, 2.75) is 26.2 Å². The molecule has 0 radical (unpaired) electrons. The Balaban J connectivity index is 1.50. The number of amides is 1. The van der Waals surface area contributed by atoms with Gasteiger partial charge in [0, 0.05) is 30.9 Å². The maximum Gasteiger partial charge on any atom is 0.257 e. The van der Waals surface area contributed by atoms with Gasteiger partial charge in [0.05, 0.1) is 47.2 Å². The Hall–Kier alpha value is -3.59. The standard InChI is InChI=1S/C24H23ClFN5O3/c1-13-22(25)14(2)30-23(29-13)19-11-31(12-20(19)27)24(33)18-4-3-16(26)8-21(18)34-6-5-15-7-17(32)10-28-9-15/h3-4,7-10,19,27,32H,5-6,11-12H2,1-2H3. The van der Waals surface area contributed by atoms with Gasteiger partial charge in [-0.15, -0.1) is 0 Å². The SMILES string of the molecule is Cc1nc(C2CN(C(=O)c3ccc(F)cc3OCCc3cncc(O)c3)CC2=N)nc(C)c1Cl. The highest BCUT2D eigenvalue weighted by atomic mass is 35.5. The maximum atomic E-state index is 13.9. The van der Waals surface area contributed by atoms with E-state index in [1.165, 1.54) is 29.3 Å². The van der Waals surface area contributed by atoms with Gasteiger partial charge < -0.3 is 20.2 Å². The molecule has 4 rings (SSSR count). The van der Waals surface area contributed by atoms with Gasteiger partial charge in [-0.1, -0.05) is 11.6 Å². The third kappa shape index (κ3) is 4.99. The van der Waals surface area contributed by atoms with E-state index in [0.29, 0.717) is 34.4 Å². The lowest BCUT2D eigenvalue weighted by molar-refractivity contribution is 0.0790. The lowest BCUT2D eigenvalue weighted by atomic mass is 10.1. The fraction of sp³-hybridized carbons (Fsp3) is 0.292. The van der Waals surface area contributed by atoms with Gasteiger partial charge in [0.1, 0.15) is 23.1 Å². The van der Waals surface area contributed by atoms with Crippen LogP contribution in [0.25, 0.3) is 0 Å². The molecule has 3 heterocycles. The molecule has 1 aliphatic heterocycles. The number of carbonyl (C=O) groups excluding carboxylic acids is 1. The third-order valence-electron chi connectivity index (χ3n) is 5.59. The minimum absolute atomic E-state index is 0.0419. The number of hydrogen-bond donors (Lipinski definition) is 2. The zero-order valence-electron chi connectivity index (χ0n) is 18.7. The number of carbonyl (C=O) groups is 1. The summed E-state index contributed by atoms with van der Waals surface area (Å²) in [7, 11) is 0. The lowest BCUT2D eigenvalue weighted by Gasteiger charge is -2.18. The third-order valence-corrected chi connectivity index (χ3v) is 6.13. The fourth-order valence-corrected chi connectivity index (χ4v) is 3.92. The molecular formula is C24H23ClFN5O3. The summed E-state index contributed by atoms with van der Waals surface area (Å²) in [6.45, 7) is 4.04. The molecule has 0 aliphatic carbocycles. The van der Waals surface area contributed by atoms with Gasteiger partial charge in [0.25, 0.3) is 5.91 Å². The molecule has 0 bridgehead atoms. The Morgan fingerprint density at radius 3 is 2.71 bits per heavy atom. The summed E-state index contributed by atoms with van der Waals surface area (Å²) < 4.78 is 19.7. The molecule has 0 saturated carbocycles. The summed E-state index contributed by atoms with van der Waals surface area (Å²) in [4.78, 5) is 27.5. The second-order valence-corrected chi connectivity index (χ2v) is 8.50. The number of likely N-dealkylation sites (tertiary alicyclic amines) is 1. The van der Waals surface area contributed by atoms with Crippen molar-refractivity contribution in [2.75, 3.05) is 19.7 Å². The Morgan fingerprint density at radius 1 is 1.26 bits per heavy atom. The number of ether oxygens (including phenoxy) is 1. The van der Waals surface area contributed by atoms with E-state index < -0.39 is 11.7 Å². The van der Waals surface area contributed by atoms with Gasteiger partial charge in [-0.05, 0) is 37.6 Å². The van der Waals surface area contributed by atoms with Gasteiger partial charge in [0.2, 0.25) is 0 Å². The number of nitrogens with one attached hydrogen (secondary N) is 1. The van der Waals surface area contributed by atoms with Crippen LogP contribution in [0.4, 0.5) is 4.39 Å². The van der Waals surface area contributed by atoms with Crippen molar-refractivity contribution in [3.05, 3.63) is 75.8 Å². The molecule has 2 aromatic heterocycles. The first kappa shape index (κ1) is 23.6. The number of rotatable bonds is 6. The predicted molar refractivity (Wildman–Crippen MR) is 124 cm³/mol. The highest BCUT2D eigenvalue weighted by molar-refractivity contribution is 6.31. The molecule has 1 aromatic carbocycles. The number of halogens is 2. The molecule has 1 fully saturated rings. The highest BCUT2D eigenvalue weighted by Crippen LogP contribution is 2.29. The van der Waals surface area contributed by atoms with E-state index in [1.807, 2.05) is 0 Å². The first-order valence-electron chi connectivity index (χ1n) is 10.7. The van der Waals surface area contributed by atoms with E-state index in [-0.39, 0.29) is 42.7 Å². The Labute approximate surface area is 200 Å². The largest absolute Gasteiger partial charge is 0.506 e. The van der Waals surface area contributed by atoms with Crippen LogP contribution in [0.2, 0.25) is 5.02 Å². The number of aromatic hydroxyl groups is 1. The smallest absolute Gasteiger partial charge is 0.257 e. The van der Waals surface area contributed by atoms with Crippen LogP contribution in [0, 0.1) is 25.1 Å². The van der Waals surface area contributed by atoms with Gasteiger partial charge in [-0.2, -0.15) is 0 Å². The van der Waals surface area contributed by atoms with E-state index in [2.05, 4.69) is 15.0 Å². The maximum absolute atomic E-state index is 13.9. The number of aryl methyl sites for hydroxylation is 2. The minimum Gasteiger partial charge on any atom is -0.506 e. The van der Waals surface area contributed by atoms with Crippen LogP contribution in [0.1, 0.15) is 39.1 Å². The summed E-state index contributed by atoms with van der Waals surface area (Å²) >= 11 is 6.17. The average Bonchev–Trinajstić information content (AvgIpc) is 3.18. The molecule has 1 atom stereocenters. The Bertz CT molecular complexity index is 1250. The van der Waals surface area contributed by atoms with Crippen LogP contribution in [0.3, 0.4) is 0 Å². The zero-order valence-corrected chi connectivity index (χ0v) is 19.4. The number of benzene rings is 1. The summed E-state index contributed by atoms with van der Waals surface area (Å²) in [6, 6.07) is 5.31. The topological polar surface area (TPSA) is 112 Å². The molecule has 1 amide bonds. The molecule has 10 heteroatoms. The summed E-state index contributed by atoms with van der Waals surface area (Å²) in [5, 5.41) is 18.4. The molecule has 34 heavy (non-hydrogen) atoms. The van der Waals surface area contributed by atoms with Crippen LogP contribution >= 0.6 is 11.6 Å². The lowest BCUT2D eigenvalue weighted by Crippen LogP contribution is -2.29. The number of nitrogens with zero attached hydrogens (tertiary/aromatic N) is 4. The molecule has 1 unspecified atom stereocenters. The van der Waals surface area contributed by atoms with Crippen molar-refractivity contribution in [3.8, 4) is 11.5 Å². The monoisotopic (exact) mass is 483 g/mol. The van der Waals surface area contributed by atoms with Crippen LogP contribution in [0.15, 0.2) is 36.7 Å². The highest BCUT2D eigenvalue weighted by Gasteiger charge is 2.35. The van der Waals surface area contributed by atoms with E-state index in [1.54, 1.807) is 26.1 Å². The normalized spacial score (nSPS) is 15.6. The molecule has 176 valence electrons. The van der Waals surface area contributed by atoms with Gasteiger partial charge in [-0.3, -0.25) is 9.78 Å². The van der Waals surface area contributed by atoms with Gasteiger partial charge in [0.15, 0.2) is 0 Å². The van der Waals surface area contributed by atoms with Crippen LogP contribution in [-0.4, -0.2) is 56.3 Å². The van der Waals surface area contributed by atoms with E-state index in [4.69, 9.17) is 21.7 Å². The molecule has 8 nitrogen and oxygen atoms in total. The number of hydrogen-bond acceptors (Lipinski definition) is 7. The van der Waals surface area contributed by atoms with Crippen molar-refractivity contribution >= 4 is 23.2 Å². The molecule has 1 aliphatic rings. The zero-order chi connectivity index (χ0) is 24.4.